The van der Waals surface area contributed by atoms with E-state index < -0.39 is 23.9 Å². The lowest BCUT2D eigenvalue weighted by atomic mass is 10.1. The summed E-state index contributed by atoms with van der Waals surface area (Å²) in [6.07, 6.45) is 11.8. The van der Waals surface area contributed by atoms with Crippen LogP contribution in [0, 0.1) is 0 Å². The second-order valence-electron chi connectivity index (χ2n) is 13.5. The first-order chi connectivity index (χ1) is 31.9. The Morgan fingerprint density at radius 3 is 1.11 bits per heavy atom. The molecule has 0 fully saturated rings. The molecular weight excluding hydrogens is 1020 g/mol. The fraction of sp³-hybridized carbons (Fsp3) is 0.0769. The molecule has 0 saturated heterocycles. The number of pyridine rings is 4. The van der Waals surface area contributed by atoms with E-state index in [1.165, 1.54) is 104 Å². The topological polar surface area (TPSA) is 257 Å². The van der Waals surface area contributed by atoms with Crippen molar-refractivity contribution in [3.63, 3.8) is 0 Å². The van der Waals surface area contributed by atoms with E-state index >= 15 is 0 Å². The van der Waals surface area contributed by atoms with Crippen molar-refractivity contribution in [3.8, 4) is 45.7 Å². The number of carboxylic acids is 4. The molecule has 0 amide bonds. The van der Waals surface area contributed by atoms with E-state index in [1.54, 1.807) is 91.5 Å². The van der Waals surface area contributed by atoms with Crippen LogP contribution in [0.2, 0.25) is 10.0 Å². The van der Waals surface area contributed by atoms with Gasteiger partial charge in [0.25, 0.3) is 0 Å². The highest BCUT2D eigenvalue weighted by molar-refractivity contribution is 9.10. The Bertz CT molecular complexity index is 3020. The summed E-state index contributed by atoms with van der Waals surface area (Å²) >= 11 is 14.8. The first-order valence-electron chi connectivity index (χ1n) is 19.1. The first-order valence-corrected chi connectivity index (χ1v) is 20.6. The quantitative estimate of drug-likeness (QED) is 0.108. The van der Waals surface area contributed by atoms with E-state index in [0.29, 0.717) is 32.8 Å². The van der Waals surface area contributed by atoms with Crippen LogP contribution in [0.15, 0.2) is 181 Å². The predicted molar refractivity (Wildman–Crippen MR) is 262 cm³/mol. The van der Waals surface area contributed by atoms with Gasteiger partial charge in [-0.2, -0.15) is 18.3 Å². The summed E-state index contributed by atoms with van der Waals surface area (Å²) in [5, 5.41) is 81.8. The molecule has 4 N–H and O–H groups in total. The molecule has 0 bridgehead atoms. The van der Waals surface area contributed by atoms with E-state index in [2.05, 4.69) is 15.9 Å². The van der Waals surface area contributed by atoms with Crippen LogP contribution in [0.3, 0.4) is 0 Å². The molecule has 4 heterocycles. The fourth-order valence-electron chi connectivity index (χ4n) is 6.00. The first kappa shape index (κ1) is 60.6. The van der Waals surface area contributed by atoms with Gasteiger partial charge in [-0.05, 0) is 65.5 Å². The number of hydrogen-bond donors (Lipinski definition) is 4. The summed E-state index contributed by atoms with van der Waals surface area (Å²) < 4.78 is 6.66. The van der Waals surface area contributed by atoms with Crippen molar-refractivity contribution in [1.82, 2.24) is 0 Å². The van der Waals surface area contributed by atoms with Crippen molar-refractivity contribution in [1.29, 1.82) is 0 Å². The van der Waals surface area contributed by atoms with Gasteiger partial charge in [-0.3, -0.25) is 0 Å². The summed E-state index contributed by atoms with van der Waals surface area (Å²) in [6.45, 7) is 0. The van der Waals surface area contributed by atoms with Crippen LogP contribution in [0.25, 0.3) is 22.7 Å². The molecule has 8 aromatic rings. The van der Waals surface area contributed by atoms with E-state index in [4.69, 9.17) is 43.6 Å². The molecule has 4 aromatic heterocycles. The number of nitrogens with zero attached hydrogens (tertiary/aromatic N) is 4. The van der Waals surface area contributed by atoms with Crippen LogP contribution >= 0.6 is 39.1 Å². The molecule has 0 atom stereocenters. The molecule has 0 aliphatic heterocycles. The van der Waals surface area contributed by atoms with Crippen LogP contribution in [0.4, 0.5) is 0 Å². The zero-order chi connectivity index (χ0) is 48.8. The Morgan fingerprint density at radius 1 is 0.380 bits per heavy atom. The highest BCUT2D eigenvalue weighted by Gasteiger charge is 2.21. The average Bonchev–Trinajstić information content (AvgIpc) is 3.29. The predicted octanol–water partition coefficient (Wildman–Crippen LogP) is 7.55. The SMILES string of the molecule is C.C.C.C.O=C(O)c1cc(Cl)ccc1-[n+]1cccc([O-])c1.O=C(O)c1ccc(Br)cc1-[n+]1cccc([O-])c1.O=C(O)c1ccc(Cl)cc1-[n+]1cccc([O-])c1.O=C(O)c1ccccc1-[n+]1cccc([O-])c1. The summed E-state index contributed by atoms with van der Waals surface area (Å²) in [7, 11) is 0. The van der Waals surface area contributed by atoms with Gasteiger partial charge in [0.1, 0.15) is 22.3 Å². The number of halogens is 3. The molecule has 0 unspecified atom stereocenters. The van der Waals surface area contributed by atoms with Gasteiger partial charge in [-0.25, -0.2) is 19.2 Å². The number of benzene rings is 4. The molecule has 19 heteroatoms. The molecule has 4 aromatic carbocycles. The lowest BCUT2D eigenvalue weighted by Gasteiger charge is -2.05. The number of carboxylic acid groups (broad SMARTS) is 4. The van der Waals surface area contributed by atoms with Gasteiger partial charge in [-0.15, -0.1) is 0 Å². The smallest absolute Gasteiger partial charge is 0.342 e. The molecule has 16 nitrogen and oxygen atoms in total. The Hall–Kier alpha value is -8.38. The standard InChI is InChI=1S/C12H8BrNO3.2C12H8ClNO3.C12H9NO3.4CH4/c13-8-3-4-10(12(16)17)11(6-8)14-5-1-2-9(15)7-14;13-8-3-4-11(10(6-8)12(16)17)14-5-1-2-9(15)7-14;13-8-3-4-10(12(16)17)11(6-8)14-5-1-2-9(15)7-14;14-9-4-3-7-13(8-9)11-6-2-1-5-10(11)12(15)16;;;;/h3*1-7H,(H-,15,16,17);1-8H,(H-,14,15,16);4*1H4. The largest absolute Gasteiger partial charge is 0.868 e. The van der Waals surface area contributed by atoms with Gasteiger partial charge >= 0.3 is 23.9 Å². The number of carbonyl (C=O) groups is 4. The van der Waals surface area contributed by atoms with Crippen LogP contribution in [0.1, 0.15) is 71.1 Å². The zero-order valence-electron chi connectivity index (χ0n) is 34.2. The Balaban J connectivity index is 0.000000465. The van der Waals surface area contributed by atoms with Crippen LogP contribution in [-0.4, -0.2) is 44.3 Å². The Labute approximate surface area is 428 Å². The molecule has 0 saturated carbocycles. The van der Waals surface area contributed by atoms with Crippen molar-refractivity contribution in [2.75, 3.05) is 0 Å². The summed E-state index contributed by atoms with van der Waals surface area (Å²) in [5.74, 6) is -4.95. The van der Waals surface area contributed by atoms with Gasteiger partial charge in [0, 0.05) is 63.0 Å². The van der Waals surface area contributed by atoms with Gasteiger partial charge in [0.15, 0.2) is 49.6 Å². The fourth-order valence-corrected chi connectivity index (χ4v) is 6.68. The van der Waals surface area contributed by atoms with E-state index in [9.17, 15) is 39.6 Å². The van der Waals surface area contributed by atoms with E-state index in [1.807, 2.05) is 0 Å². The monoisotopic (exact) mass is 1070 g/mol. The molecule has 8 rings (SSSR count). The lowest BCUT2D eigenvalue weighted by Crippen LogP contribution is -2.32. The minimum atomic E-state index is -1.09. The third-order valence-corrected chi connectivity index (χ3v) is 9.87. The molecule has 0 spiro atoms. The Kier molecular flexibility index (Phi) is 24.1. The third kappa shape index (κ3) is 17.0. The van der Waals surface area contributed by atoms with E-state index in [-0.39, 0.29) is 75.0 Å². The van der Waals surface area contributed by atoms with Crippen LogP contribution in [0.5, 0.6) is 23.0 Å². The van der Waals surface area contributed by atoms with Crippen LogP contribution in [-0.2, 0) is 0 Å². The minimum Gasteiger partial charge on any atom is -0.868 e. The van der Waals surface area contributed by atoms with Gasteiger partial charge < -0.3 is 40.9 Å². The molecule has 0 aliphatic carbocycles. The minimum absolute atomic E-state index is 0. The summed E-state index contributed by atoms with van der Waals surface area (Å²) in [6, 6.07) is 32.1. The zero-order valence-corrected chi connectivity index (χ0v) is 37.3. The highest BCUT2D eigenvalue weighted by Crippen LogP contribution is 2.20. The molecule has 0 radical (unpaired) electrons. The van der Waals surface area contributed by atoms with Crippen LogP contribution < -0.4 is 38.7 Å². The number of hydrogen-bond acceptors (Lipinski definition) is 8. The summed E-state index contributed by atoms with van der Waals surface area (Å²) in [5.41, 5.74) is 2.14. The van der Waals surface area contributed by atoms with Gasteiger partial charge in [-0.1, -0.05) is 105 Å². The van der Waals surface area contributed by atoms with Crippen molar-refractivity contribution in [3.05, 3.63) is 214 Å². The maximum Gasteiger partial charge on any atom is 0.342 e. The summed E-state index contributed by atoms with van der Waals surface area (Å²) in [4.78, 5) is 44.2. The van der Waals surface area contributed by atoms with Crippen molar-refractivity contribution < 1.29 is 78.3 Å². The third-order valence-electron chi connectivity index (χ3n) is 8.91. The van der Waals surface area contributed by atoms with Crippen molar-refractivity contribution >= 4 is 63.0 Å². The maximum absolute atomic E-state index is 11.2. The molecule has 71 heavy (non-hydrogen) atoms. The second kappa shape index (κ2) is 28.2. The van der Waals surface area contributed by atoms with Crippen molar-refractivity contribution in [2.24, 2.45) is 0 Å². The highest BCUT2D eigenvalue weighted by atomic mass is 79.9. The molecule has 370 valence electrons. The van der Waals surface area contributed by atoms with Gasteiger partial charge in [0.05, 0.1) is 0 Å². The number of rotatable bonds is 8. The average molecular weight is 1070 g/mol. The molecule has 0 aliphatic rings. The maximum atomic E-state index is 11.2. The lowest BCUT2D eigenvalue weighted by molar-refractivity contribution is -0.599. The molecular formula is C52H49BrCl2N4O12. The number of aromatic carboxylic acids is 4. The number of para-hydroxylation sites is 1. The second-order valence-corrected chi connectivity index (χ2v) is 15.3. The van der Waals surface area contributed by atoms with E-state index in [0.717, 1.165) is 4.47 Å². The number of aromatic nitrogens is 4. The Morgan fingerprint density at radius 2 is 0.704 bits per heavy atom. The normalized spacial score (nSPS) is 9.56. The van der Waals surface area contributed by atoms with Crippen molar-refractivity contribution in [2.45, 2.75) is 29.7 Å². The van der Waals surface area contributed by atoms with Gasteiger partial charge in [0.2, 0.25) is 22.7 Å².